The summed E-state index contributed by atoms with van der Waals surface area (Å²) in [6.45, 7) is 10.4. The fraction of sp³-hybridized carbons (Fsp3) is 0.208. The van der Waals surface area contributed by atoms with Crippen molar-refractivity contribution in [3.8, 4) is 11.8 Å². The molecule has 5 heteroatoms. The molecule has 0 radical (unpaired) electrons. The molecular formula is C24H23N3O2. The van der Waals surface area contributed by atoms with Gasteiger partial charge < -0.3 is 4.57 Å². The summed E-state index contributed by atoms with van der Waals surface area (Å²) in [5, 5.41) is 20.5. The molecule has 5 nitrogen and oxygen atoms in total. The lowest BCUT2D eigenvalue weighted by atomic mass is 10.0. The first kappa shape index (κ1) is 20.1. The first-order valence-corrected chi connectivity index (χ1v) is 9.36. The number of rotatable bonds is 4. The minimum atomic E-state index is -0.445. The Morgan fingerprint density at radius 3 is 2.14 bits per heavy atom. The van der Waals surface area contributed by atoms with E-state index in [2.05, 4.69) is 56.5 Å². The van der Waals surface area contributed by atoms with Crippen molar-refractivity contribution in [2.24, 2.45) is 0 Å². The molecule has 0 saturated heterocycles. The lowest BCUT2D eigenvalue weighted by Gasteiger charge is -2.17. The lowest BCUT2D eigenvalue weighted by Crippen LogP contribution is -2.04. The van der Waals surface area contributed by atoms with Crippen molar-refractivity contribution in [1.82, 2.24) is 4.57 Å². The van der Waals surface area contributed by atoms with Crippen LogP contribution < -0.4 is 0 Å². The zero-order valence-corrected chi connectivity index (χ0v) is 17.3. The van der Waals surface area contributed by atoms with Crippen LogP contribution in [0.3, 0.4) is 0 Å². The smallest absolute Gasteiger partial charge is 0.269 e. The number of aromatic nitrogens is 1. The summed E-state index contributed by atoms with van der Waals surface area (Å²) in [6, 6.07) is 14.7. The van der Waals surface area contributed by atoms with Crippen LogP contribution in [0.5, 0.6) is 0 Å². The number of benzene rings is 2. The minimum absolute atomic E-state index is 0.00883. The van der Waals surface area contributed by atoms with Crippen LogP contribution in [-0.4, -0.2) is 9.49 Å². The second-order valence-electron chi connectivity index (χ2n) is 7.38. The molecule has 0 saturated carbocycles. The van der Waals surface area contributed by atoms with E-state index in [-0.39, 0.29) is 5.69 Å². The van der Waals surface area contributed by atoms with Crippen LogP contribution in [0.4, 0.5) is 5.69 Å². The third-order valence-electron chi connectivity index (χ3n) is 5.14. The summed E-state index contributed by atoms with van der Waals surface area (Å²) in [4.78, 5) is 10.4. The average Bonchev–Trinajstić information content (AvgIpc) is 2.93. The average molecular weight is 385 g/mol. The molecular weight excluding hydrogens is 362 g/mol. The van der Waals surface area contributed by atoms with Crippen molar-refractivity contribution < 1.29 is 4.92 Å². The summed E-state index contributed by atoms with van der Waals surface area (Å²) >= 11 is 0. The Morgan fingerprint density at radius 1 is 1.03 bits per heavy atom. The van der Waals surface area contributed by atoms with Crippen LogP contribution in [0.15, 0.2) is 42.5 Å². The van der Waals surface area contributed by atoms with Gasteiger partial charge in [-0.15, -0.1) is 0 Å². The number of nitro groups is 1. The highest BCUT2D eigenvalue weighted by Crippen LogP contribution is 2.29. The molecule has 0 fully saturated rings. The monoisotopic (exact) mass is 385 g/mol. The van der Waals surface area contributed by atoms with Crippen LogP contribution in [0, 0.1) is 56.1 Å². The van der Waals surface area contributed by atoms with Crippen LogP contribution in [-0.2, 0) is 0 Å². The number of aryl methyl sites for hydroxylation is 4. The number of nitriles is 1. The van der Waals surface area contributed by atoms with Crippen molar-refractivity contribution in [3.05, 3.63) is 91.8 Å². The number of hydrogen-bond acceptors (Lipinski definition) is 3. The molecule has 0 aliphatic heterocycles. The van der Waals surface area contributed by atoms with Gasteiger partial charge in [-0.05, 0) is 81.1 Å². The highest BCUT2D eigenvalue weighted by atomic mass is 16.6. The van der Waals surface area contributed by atoms with E-state index in [1.807, 2.05) is 13.0 Å². The van der Waals surface area contributed by atoms with Gasteiger partial charge in [0.25, 0.3) is 5.69 Å². The summed E-state index contributed by atoms with van der Waals surface area (Å²) < 4.78 is 2.22. The van der Waals surface area contributed by atoms with Gasteiger partial charge in [-0.1, -0.05) is 17.7 Å². The van der Waals surface area contributed by atoms with Gasteiger partial charge in [-0.3, -0.25) is 10.1 Å². The fourth-order valence-corrected chi connectivity index (χ4v) is 3.90. The predicted octanol–water partition coefficient (Wildman–Crippen LogP) is 5.99. The van der Waals surface area contributed by atoms with Crippen molar-refractivity contribution in [3.63, 3.8) is 0 Å². The predicted molar refractivity (Wildman–Crippen MR) is 116 cm³/mol. The Kier molecular flexibility index (Phi) is 5.38. The number of allylic oxidation sites excluding steroid dienone is 1. The molecule has 1 aromatic heterocycles. The summed E-state index contributed by atoms with van der Waals surface area (Å²) in [5.74, 6) is 0. The molecule has 2 aromatic carbocycles. The molecule has 0 amide bonds. The van der Waals surface area contributed by atoms with Crippen molar-refractivity contribution in [2.75, 3.05) is 0 Å². The van der Waals surface area contributed by atoms with Gasteiger partial charge in [-0.25, -0.2) is 0 Å². The van der Waals surface area contributed by atoms with E-state index >= 15 is 0 Å². The van der Waals surface area contributed by atoms with Gasteiger partial charge in [0.2, 0.25) is 0 Å². The Labute approximate surface area is 170 Å². The van der Waals surface area contributed by atoms with Crippen LogP contribution in [0.1, 0.15) is 39.2 Å². The van der Waals surface area contributed by atoms with E-state index in [1.165, 1.54) is 34.5 Å². The number of nitrogens with zero attached hydrogens (tertiary/aromatic N) is 3. The molecule has 3 aromatic rings. The maximum atomic E-state index is 10.9. The van der Waals surface area contributed by atoms with Gasteiger partial charge in [0, 0.05) is 23.5 Å². The van der Waals surface area contributed by atoms with Crippen molar-refractivity contribution in [2.45, 2.75) is 34.6 Å². The normalized spacial score (nSPS) is 11.4. The molecule has 1 heterocycles. The first-order chi connectivity index (χ1) is 13.7. The van der Waals surface area contributed by atoms with Gasteiger partial charge in [0.1, 0.15) is 0 Å². The molecule has 0 unspecified atom stereocenters. The fourth-order valence-electron chi connectivity index (χ4n) is 3.90. The molecule has 0 aliphatic carbocycles. The number of hydrogen-bond donors (Lipinski definition) is 0. The van der Waals surface area contributed by atoms with Gasteiger partial charge >= 0.3 is 0 Å². The second kappa shape index (κ2) is 7.76. The van der Waals surface area contributed by atoms with Gasteiger partial charge in [0.15, 0.2) is 0 Å². The van der Waals surface area contributed by atoms with E-state index < -0.39 is 4.92 Å². The van der Waals surface area contributed by atoms with E-state index in [0.717, 1.165) is 17.0 Å². The van der Waals surface area contributed by atoms with E-state index in [4.69, 9.17) is 0 Å². The maximum absolute atomic E-state index is 10.9. The first-order valence-electron chi connectivity index (χ1n) is 9.36. The largest absolute Gasteiger partial charge is 0.317 e. The Morgan fingerprint density at radius 2 is 1.62 bits per heavy atom. The number of nitro benzene ring substituents is 1. The topological polar surface area (TPSA) is 71.9 Å². The molecule has 0 aliphatic rings. The zero-order valence-electron chi connectivity index (χ0n) is 17.3. The van der Waals surface area contributed by atoms with Crippen molar-refractivity contribution >= 4 is 17.3 Å². The minimum Gasteiger partial charge on any atom is -0.317 e. The Bertz CT molecular complexity index is 1150. The van der Waals surface area contributed by atoms with E-state index in [0.29, 0.717) is 11.1 Å². The molecule has 0 N–H and O–H groups in total. The Hall–Kier alpha value is -3.65. The molecule has 0 atom stereocenters. The van der Waals surface area contributed by atoms with Gasteiger partial charge in [-0.2, -0.15) is 5.26 Å². The van der Waals surface area contributed by atoms with Gasteiger partial charge in [0.05, 0.1) is 22.3 Å². The standard InChI is InChI=1S/C24H23N3O2/c1-15-10-16(2)24(17(3)11-15)26-18(4)12-21(19(26)5)13-22(14-25)20-6-8-23(9-7-20)27(28)29/h6-13H,1-5H3/b22-13-. The lowest BCUT2D eigenvalue weighted by molar-refractivity contribution is -0.384. The second-order valence-corrected chi connectivity index (χ2v) is 7.38. The zero-order chi connectivity index (χ0) is 21.3. The van der Waals surface area contributed by atoms with E-state index in [9.17, 15) is 15.4 Å². The third kappa shape index (κ3) is 3.83. The summed E-state index contributed by atoms with van der Waals surface area (Å²) in [5.41, 5.74) is 9.04. The third-order valence-corrected chi connectivity index (χ3v) is 5.14. The molecule has 29 heavy (non-hydrogen) atoms. The molecule has 146 valence electrons. The SMILES string of the molecule is Cc1cc(C)c(-n2c(C)cc(/C=C(/C#N)c3ccc([N+](=O)[O-])cc3)c2C)c(C)c1. The maximum Gasteiger partial charge on any atom is 0.269 e. The highest BCUT2D eigenvalue weighted by Gasteiger charge is 2.15. The summed E-state index contributed by atoms with van der Waals surface area (Å²) in [7, 11) is 0. The molecule has 3 rings (SSSR count). The van der Waals surface area contributed by atoms with Crippen molar-refractivity contribution in [1.29, 1.82) is 5.26 Å². The van der Waals surface area contributed by atoms with Crippen LogP contribution in [0.25, 0.3) is 17.3 Å². The number of non-ortho nitro benzene ring substituents is 1. The van der Waals surface area contributed by atoms with Crippen LogP contribution >= 0.6 is 0 Å². The highest BCUT2D eigenvalue weighted by molar-refractivity contribution is 5.90. The quantitative estimate of drug-likeness (QED) is 0.314. The summed E-state index contributed by atoms with van der Waals surface area (Å²) in [6.07, 6.45) is 1.85. The van der Waals surface area contributed by atoms with Crippen LogP contribution in [0.2, 0.25) is 0 Å². The van der Waals surface area contributed by atoms with E-state index in [1.54, 1.807) is 12.1 Å². The molecule has 0 bridgehead atoms. The molecule has 0 spiro atoms. The Balaban J connectivity index is 2.10.